The minimum Gasteiger partial charge on any atom is -0.480 e. The van der Waals surface area contributed by atoms with Gasteiger partial charge in [0.05, 0.1) is 6.10 Å². The topological polar surface area (TPSA) is 86.6 Å². The number of nitrogens with one attached hydrogen (secondary N) is 1. The Morgan fingerprint density at radius 2 is 1.50 bits per heavy atom. The SMILES string of the molecule is C[C@@H](O)[C@H](NC(=O)c1ccc(-c2ccccc2)cc1)C(=O)O. The van der Waals surface area contributed by atoms with Crippen molar-refractivity contribution in [1.29, 1.82) is 0 Å². The van der Waals surface area contributed by atoms with E-state index in [0.717, 1.165) is 11.1 Å². The average molecular weight is 299 g/mol. The Morgan fingerprint density at radius 1 is 0.955 bits per heavy atom. The molecule has 0 fully saturated rings. The first-order chi connectivity index (χ1) is 10.5. The minimum absolute atomic E-state index is 0.339. The van der Waals surface area contributed by atoms with Gasteiger partial charge in [0.1, 0.15) is 0 Å². The molecule has 0 aliphatic heterocycles. The van der Waals surface area contributed by atoms with Crippen LogP contribution in [-0.2, 0) is 4.79 Å². The molecule has 22 heavy (non-hydrogen) atoms. The van der Waals surface area contributed by atoms with Crippen LogP contribution in [0.2, 0.25) is 0 Å². The van der Waals surface area contributed by atoms with Gasteiger partial charge in [-0.2, -0.15) is 0 Å². The highest BCUT2D eigenvalue weighted by molar-refractivity contribution is 5.97. The molecule has 5 nitrogen and oxygen atoms in total. The van der Waals surface area contributed by atoms with Crippen LogP contribution in [0, 0.1) is 0 Å². The first kappa shape index (κ1) is 15.7. The van der Waals surface area contributed by atoms with Crippen LogP contribution in [0.1, 0.15) is 17.3 Å². The van der Waals surface area contributed by atoms with Gasteiger partial charge in [-0.05, 0) is 30.2 Å². The van der Waals surface area contributed by atoms with Crippen molar-refractivity contribution < 1.29 is 19.8 Å². The summed E-state index contributed by atoms with van der Waals surface area (Å²) in [6.45, 7) is 1.32. The van der Waals surface area contributed by atoms with Gasteiger partial charge >= 0.3 is 5.97 Å². The van der Waals surface area contributed by atoms with Crippen molar-refractivity contribution in [2.45, 2.75) is 19.1 Å². The van der Waals surface area contributed by atoms with Gasteiger partial charge in [0, 0.05) is 5.56 Å². The highest BCUT2D eigenvalue weighted by Gasteiger charge is 2.25. The molecule has 2 rings (SSSR count). The zero-order valence-electron chi connectivity index (χ0n) is 12.1. The molecule has 0 aliphatic carbocycles. The third kappa shape index (κ3) is 3.71. The molecular weight excluding hydrogens is 282 g/mol. The molecule has 0 aromatic heterocycles. The molecular formula is C17H17NO4. The van der Waals surface area contributed by atoms with E-state index in [1.54, 1.807) is 24.3 Å². The summed E-state index contributed by atoms with van der Waals surface area (Å²) in [4.78, 5) is 23.0. The molecule has 0 spiro atoms. The fraction of sp³-hybridized carbons (Fsp3) is 0.176. The first-order valence-electron chi connectivity index (χ1n) is 6.86. The van der Waals surface area contributed by atoms with Gasteiger partial charge in [-0.3, -0.25) is 4.79 Å². The summed E-state index contributed by atoms with van der Waals surface area (Å²) in [7, 11) is 0. The molecule has 0 saturated heterocycles. The van der Waals surface area contributed by atoms with Crippen molar-refractivity contribution in [2.24, 2.45) is 0 Å². The predicted octanol–water partition coefficient (Wildman–Crippen LogP) is 1.92. The molecule has 0 radical (unpaired) electrons. The van der Waals surface area contributed by atoms with Crippen LogP contribution >= 0.6 is 0 Å². The Hall–Kier alpha value is -2.66. The van der Waals surface area contributed by atoms with Crippen molar-refractivity contribution in [3.8, 4) is 11.1 Å². The number of amides is 1. The lowest BCUT2D eigenvalue weighted by Gasteiger charge is -2.17. The van der Waals surface area contributed by atoms with E-state index in [0.29, 0.717) is 5.56 Å². The van der Waals surface area contributed by atoms with E-state index in [-0.39, 0.29) is 0 Å². The number of rotatable bonds is 5. The van der Waals surface area contributed by atoms with Crippen molar-refractivity contribution in [2.75, 3.05) is 0 Å². The third-order valence-electron chi connectivity index (χ3n) is 3.29. The lowest BCUT2D eigenvalue weighted by molar-refractivity contribution is -0.141. The standard InChI is InChI=1S/C17H17NO4/c1-11(19)15(17(21)22)18-16(20)14-9-7-13(8-10-14)12-5-3-2-4-6-12/h2-11,15,19H,1H3,(H,18,20)(H,21,22)/t11-,15+/m1/s1. The molecule has 0 heterocycles. The zero-order chi connectivity index (χ0) is 16.1. The molecule has 0 aliphatic rings. The maximum atomic E-state index is 12.0. The molecule has 5 heteroatoms. The van der Waals surface area contributed by atoms with Gasteiger partial charge in [-0.25, -0.2) is 4.79 Å². The molecule has 1 amide bonds. The Kier molecular flexibility index (Phi) is 4.91. The van der Waals surface area contributed by atoms with Crippen LogP contribution < -0.4 is 5.32 Å². The quantitative estimate of drug-likeness (QED) is 0.787. The number of benzene rings is 2. The summed E-state index contributed by atoms with van der Waals surface area (Å²) in [5.41, 5.74) is 2.33. The Bertz CT molecular complexity index is 650. The lowest BCUT2D eigenvalue weighted by Crippen LogP contribution is -2.47. The summed E-state index contributed by atoms with van der Waals surface area (Å²) in [6, 6.07) is 15.2. The number of hydrogen-bond donors (Lipinski definition) is 3. The fourth-order valence-electron chi connectivity index (χ4n) is 2.06. The van der Waals surface area contributed by atoms with Gasteiger partial charge < -0.3 is 15.5 Å². The maximum absolute atomic E-state index is 12.0. The minimum atomic E-state index is -1.33. The Labute approximate surface area is 128 Å². The second-order valence-corrected chi connectivity index (χ2v) is 4.97. The summed E-state index contributed by atoms with van der Waals surface area (Å²) in [5.74, 6) is -1.81. The second-order valence-electron chi connectivity index (χ2n) is 4.97. The Balaban J connectivity index is 2.13. The number of aliphatic hydroxyl groups excluding tert-OH is 1. The summed E-state index contributed by atoms with van der Waals surface area (Å²) >= 11 is 0. The molecule has 2 atom stereocenters. The van der Waals surface area contributed by atoms with Crippen molar-refractivity contribution >= 4 is 11.9 Å². The lowest BCUT2D eigenvalue weighted by atomic mass is 10.0. The molecule has 0 unspecified atom stereocenters. The van der Waals surface area contributed by atoms with E-state index in [1.807, 2.05) is 30.3 Å². The van der Waals surface area contributed by atoms with Crippen molar-refractivity contribution in [3.05, 3.63) is 60.2 Å². The fourth-order valence-corrected chi connectivity index (χ4v) is 2.06. The zero-order valence-corrected chi connectivity index (χ0v) is 12.1. The second kappa shape index (κ2) is 6.87. The van der Waals surface area contributed by atoms with E-state index in [1.165, 1.54) is 6.92 Å². The van der Waals surface area contributed by atoms with E-state index in [4.69, 9.17) is 5.11 Å². The molecule has 0 bridgehead atoms. The van der Waals surface area contributed by atoms with E-state index in [9.17, 15) is 14.7 Å². The van der Waals surface area contributed by atoms with Crippen LogP contribution in [0.3, 0.4) is 0 Å². The van der Waals surface area contributed by atoms with Gasteiger partial charge in [0.15, 0.2) is 6.04 Å². The molecule has 3 N–H and O–H groups in total. The normalized spacial score (nSPS) is 13.2. The van der Waals surface area contributed by atoms with Crippen LogP contribution in [0.25, 0.3) is 11.1 Å². The monoisotopic (exact) mass is 299 g/mol. The van der Waals surface area contributed by atoms with Crippen LogP contribution in [-0.4, -0.2) is 34.2 Å². The van der Waals surface area contributed by atoms with Crippen LogP contribution in [0.4, 0.5) is 0 Å². The number of carboxylic acid groups (broad SMARTS) is 1. The van der Waals surface area contributed by atoms with Gasteiger partial charge in [-0.1, -0.05) is 42.5 Å². The van der Waals surface area contributed by atoms with Gasteiger partial charge in [0.2, 0.25) is 0 Å². The van der Waals surface area contributed by atoms with Crippen molar-refractivity contribution in [1.82, 2.24) is 5.32 Å². The van der Waals surface area contributed by atoms with Crippen LogP contribution in [0.5, 0.6) is 0 Å². The largest absolute Gasteiger partial charge is 0.480 e. The van der Waals surface area contributed by atoms with Gasteiger partial charge in [0.25, 0.3) is 5.91 Å². The number of aliphatic hydroxyl groups is 1. The van der Waals surface area contributed by atoms with E-state index in [2.05, 4.69) is 5.32 Å². The molecule has 2 aromatic rings. The summed E-state index contributed by atoms with van der Waals surface area (Å²) in [6.07, 6.45) is -1.18. The highest BCUT2D eigenvalue weighted by atomic mass is 16.4. The molecule has 114 valence electrons. The number of hydrogen-bond acceptors (Lipinski definition) is 3. The number of aliphatic carboxylic acids is 1. The van der Waals surface area contributed by atoms with Gasteiger partial charge in [-0.15, -0.1) is 0 Å². The molecule has 0 saturated carbocycles. The molecule has 2 aromatic carbocycles. The van der Waals surface area contributed by atoms with E-state index < -0.39 is 24.0 Å². The number of carboxylic acids is 1. The number of carbonyl (C=O) groups excluding carboxylic acids is 1. The van der Waals surface area contributed by atoms with Crippen molar-refractivity contribution in [3.63, 3.8) is 0 Å². The summed E-state index contributed by atoms with van der Waals surface area (Å²) < 4.78 is 0. The average Bonchev–Trinajstić information content (AvgIpc) is 2.52. The van der Waals surface area contributed by atoms with E-state index >= 15 is 0 Å². The number of carbonyl (C=O) groups is 2. The highest BCUT2D eigenvalue weighted by Crippen LogP contribution is 2.19. The Morgan fingerprint density at radius 3 is 2.00 bits per heavy atom. The smallest absolute Gasteiger partial charge is 0.328 e. The maximum Gasteiger partial charge on any atom is 0.328 e. The summed E-state index contributed by atoms with van der Waals surface area (Å²) in [5, 5.41) is 20.6. The van der Waals surface area contributed by atoms with Crippen LogP contribution in [0.15, 0.2) is 54.6 Å². The predicted molar refractivity (Wildman–Crippen MR) is 82.4 cm³/mol. The third-order valence-corrected chi connectivity index (χ3v) is 3.29. The first-order valence-corrected chi connectivity index (χ1v) is 6.86.